The lowest BCUT2D eigenvalue weighted by Crippen LogP contribution is -2.36. The van der Waals surface area contributed by atoms with Crippen LogP contribution in [0.5, 0.6) is 0 Å². The fourth-order valence-electron chi connectivity index (χ4n) is 1.68. The number of rotatable bonds is 6. The summed E-state index contributed by atoms with van der Waals surface area (Å²) in [5.41, 5.74) is 0.912. The van der Waals surface area contributed by atoms with E-state index in [1.807, 2.05) is 19.0 Å². The maximum Gasteiger partial charge on any atom is 0.313 e. The molecule has 0 unspecified atom stereocenters. The SMILES string of the molecule is CC(=O)c1cccc(NC(=O)C(=O)NCCCN(C)C)c1. The second kappa shape index (κ2) is 8.16. The first-order valence-electron chi connectivity index (χ1n) is 6.75. The Morgan fingerprint density at radius 3 is 2.48 bits per heavy atom. The van der Waals surface area contributed by atoms with Gasteiger partial charge in [0.15, 0.2) is 5.78 Å². The van der Waals surface area contributed by atoms with Crippen molar-refractivity contribution in [3.8, 4) is 0 Å². The van der Waals surface area contributed by atoms with Crippen LogP contribution in [0.4, 0.5) is 5.69 Å². The minimum absolute atomic E-state index is 0.0979. The molecule has 2 amide bonds. The number of hydrogen-bond acceptors (Lipinski definition) is 4. The summed E-state index contributed by atoms with van der Waals surface area (Å²) >= 11 is 0. The van der Waals surface area contributed by atoms with Gasteiger partial charge in [0.05, 0.1) is 0 Å². The van der Waals surface area contributed by atoms with Gasteiger partial charge in [0.25, 0.3) is 0 Å². The lowest BCUT2D eigenvalue weighted by atomic mass is 10.1. The van der Waals surface area contributed by atoms with E-state index in [2.05, 4.69) is 10.6 Å². The highest BCUT2D eigenvalue weighted by molar-refractivity contribution is 6.39. The van der Waals surface area contributed by atoms with Gasteiger partial charge in [-0.3, -0.25) is 14.4 Å². The van der Waals surface area contributed by atoms with Crippen LogP contribution in [0.15, 0.2) is 24.3 Å². The fraction of sp³-hybridized carbons (Fsp3) is 0.400. The molecule has 6 nitrogen and oxygen atoms in total. The Bertz CT molecular complexity index is 527. The summed E-state index contributed by atoms with van der Waals surface area (Å²) in [6.45, 7) is 2.72. The first-order chi connectivity index (χ1) is 9.90. The van der Waals surface area contributed by atoms with Crippen LogP contribution in [0.25, 0.3) is 0 Å². The van der Waals surface area contributed by atoms with E-state index in [1.54, 1.807) is 24.3 Å². The molecule has 1 aromatic carbocycles. The first-order valence-corrected chi connectivity index (χ1v) is 6.75. The number of ketones is 1. The summed E-state index contributed by atoms with van der Waals surface area (Å²) < 4.78 is 0. The van der Waals surface area contributed by atoms with Gasteiger partial charge in [0.2, 0.25) is 0 Å². The van der Waals surface area contributed by atoms with Gasteiger partial charge in [-0.15, -0.1) is 0 Å². The third kappa shape index (κ3) is 6.18. The second-order valence-electron chi connectivity index (χ2n) is 5.00. The predicted octanol–water partition coefficient (Wildman–Crippen LogP) is 0.896. The largest absolute Gasteiger partial charge is 0.348 e. The lowest BCUT2D eigenvalue weighted by molar-refractivity contribution is -0.136. The molecule has 2 N–H and O–H groups in total. The summed E-state index contributed by atoms with van der Waals surface area (Å²) in [7, 11) is 3.88. The van der Waals surface area contributed by atoms with Gasteiger partial charge in [0, 0.05) is 17.8 Å². The Kier molecular flexibility index (Phi) is 6.55. The average molecular weight is 291 g/mol. The van der Waals surface area contributed by atoms with E-state index in [0.717, 1.165) is 13.0 Å². The van der Waals surface area contributed by atoms with Crippen molar-refractivity contribution in [2.24, 2.45) is 0 Å². The van der Waals surface area contributed by atoms with Gasteiger partial charge < -0.3 is 15.5 Å². The number of carbonyl (C=O) groups excluding carboxylic acids is 3. The van der Waals surface area contributed by atoms with E-state index in [-0.39, 0.29) is 5.78 Å². The van der Waals surface area contributed by atoms with E-state index in [9.17, 15) is 14.4 Å². The molecule has 1 aromatic rings. The first kappa shape index (κ1) is 16.8. The molecule has 0 saturated heterocycles. The van der Waals surface area contributed by atoms with Crippen molar-refractivity contribution in [3.63, 3.8) is 0 Å². The molecule has 0 fully saturated rings. The quantitative estimate of drug-likeness (QED) is 0.463. The maximum atomic E-state index is 11.7. The van der Waals surface area contributed by atoms with E-state index in [4.69, 9.17) is 0 Å². The molecule has 0 aliphatic rings. The Morgan fingerprint density at radius 1 is 1.14 bits per heavy atom. The van der Waals surface area contributed by atoms with Crippen molar-refractivity contribution in [3.05, 3.63) is 29.8 Å². The van der Waals surface area contributed by atoms with Crippen LogP contribution < -0.4 is 10.6 Å². The third-order valence-electron chi connectivity index (χ3n) is 2.80. The topological polar surface area (TPSA) is 78.5 Å². The van der Waals surface area contributed by atoms with E-state index >= 15 is 0 Å². The van der Waals surface area contributed by atoms with Gasteiger partial charge in [-0.2, -0.15) is 0 Å². The Morgan fingerprint density at radius 2 is 1.86 bits per heavy atom. The summed E-state index contributed by atoms with van der Waals surface area (Å²) in [5, 5.41) is 5.02. The molecule has 0 radical (unpaired) electrons. The van der Waals surface area contributed by atoms with Crippen molar-refractivity contribution in [1.82, 2.24) is 10.2 Å². The zero-order valence-electron chi connectivity index (χ0n) is 12.6. The van der Waals surface area contributed by atoms with Crippen LogP contribution in [0.3, 0.4) is 0 Å². The van der Waals surface area contributed by atoms with Crippen LogP contribution in [0, 0.1) is 0 Å². The summed E-state index contributed by atoms with van der Waals surface area (Å²) in [6, 6.07) is 6.48. The minimum Gasteiger partial charge on any atom is -0.348 e. The molecule has 0 aromatic heterocycles. The molecule has 1 rings (SSSR count). The predicted molar refractivity (Wildman–Crippen MR) is 81.3 cm³/mol. The highest BCUT2D eigenvalue weighted by Crippen LogP contribution is 2.10. The number of nitrogens with one attached hydrogen (secondary N) is 2. The number of Topliss-reactive ketones (excluding diaryl/α,β-unsaturated/α-hetero) is 1. The molecule has 0 saturated carbocycles. The molecule has 6 heteroatoms. The van der Waals surface area contributed by atoms with Crippen molar-refractivity contribution in [1.29, 1.82) is 0 Å². The Hall–Kier alpha value is -2.21. The monoisotopic (exact) mass is 291 g/mol. The number of anilines is 1. The van der Waals surface area contributed by atoms with Crippen molar-refractivity contribution >= 4 is 23.3 Å². The molecule has 114 valence electrons. The van der Waals surface area contributed by atoms with Crippen LogP contribution >= 0.6 is 0 Å². The van der Waals surface area contributed by atoms with Crippen LogP contribution in [0.2, 0.25) is 0 Å². The molecule has 0 atom stereocenters. The van der Waals surface area contributed by atoms with Crippen LogP contribution in [-0.2, 0) is 9.59 Å². The van der Waals surface area contributed by atoms with Crippen LogP contribution in [-0.4, -0.2) is 49.7 Å². The minimum atomic E-state index is -0.736. The van der Waals surface area contributed by atoms with Gasteiger partial charge >= 0.3 is 11.8 Å². The number of carbonyl (C=O) groups is 3. The zero-order chi connectivity index (χ0) is 15.8. The molecular formula is C15H21N3O3. The second-order valence-corrected chi connectivity index (χ2v) is 5.00. The molecule has 21 heavy (non-hydrogen) atoms. The molecule has 0 aliphatic carbocycles. The Labute approximate surface area is 124 Å². The number of amides is 2. The summed E-state index contributed by atoms with van der Waals surface area (Å²) in [4.78, 5) is 36.6. The number of nitrogens with zero attached hydrogens (tertiary/aromatic N) is 1. The Balaban J connectivity index is 2.47. The van der Waals surface area contributed by atoms with Gasteiger partial charge in [-0.05, 0) is 46.1 Å². The third-order valence-corrected chi connectivity index (χ3v) is 2.80. The number of benzene rings is 1. The smallest absolute Gasteiger partial charge is 0.313 e. The standard InChI is InChI=1S/C15H21N3O3/c1-11(19)12-6-4-7-13(10-12)17-15(21)14(20)16-8-5-9-18(2)3/h4,6-7,10H,5,8-9H2,1-3H3,(H,16,20)(H,17,21). The number of hydrogen-bond donors (Lipinski definition) is 2. The fourth-order valence-corrected chi connectivity index (χ4v) is 1.68. The van der Waals surface area contributed by atoms with E-state index in [0.29, 0.717) is 17.8 Å². The maximum absolute atomic E-state index is 11.7. The molecule has 0 spiro atoms. The van der Waals surface area contributed by atoms with Gasteiger partial charge in [0.1, 0.15) is 0 Å². The summed E-state index contributed by atoms with van der Waals surface area (Å²) in [5.74, 6) is -1.51. The normalized spacial score (nSPS) is 10.3. The highest BCUT2D eigenvalue weighted by Gasteiger charge is 2.13. The molecule has 0 aliphatic heterocycles. The van der Waals surface area contributed by atoms with Crippen LogP contribution in [0.1, 0.15) is 23.7 Å². The zero-order valence-corrected chi connectivity index (χ0v) is 12.6. The summed E-state index contributed by atoms with van der Waals surface area (Å²) in [6.07, 6.45) is 0.770. The molecule has 0 bridgehead atoms. The average Bonchev–Trinajstić information content (AvgIpc) is 2.43. The molecule has 0 heterocycles. The van der Waals surface area contributed by atoms with E-state index < -0.39 is 11.8 Å². The van der Waals surface area contributed by atoms with Gasteiger partial charge in [-0.25, -0.2) is 0 Å². The highest BCUT2D eigenvalue weighted by atomic mass is 16.2. The van der Waals surface area contributed by atoms with Gasteiger partial charge in [-0.1, -0.05) is 12.1 Å². The van der Waals surface area contributed by atoms with Crippen molar-refractivity contribution in [2.45, 2.75) is 13.3 Å². The van der Waals surface area contributed by atoms with Crippen molar-refractivity contribution < 1.29 is 14.4 Å². The van der Waals surface area contributed by atoms with E-state index in [1.165, 1.54) is 6.92 Å². The molecular weight excluding hydrogens is 270 g/mol. The lowest BCUT2D eigenvalue weighted by Gasteiger charge is -2.10. The van der Waals surface area contributed by atoms with Crippen molar-refractivity contribution in [2.75, 3.05) is 32.5 Å².